The lowest BCUT2D eigenvalue weighted by Crippen LogP contribution is -2.01. The van der Waals surface area contributed by atoms with E-state index < -0.39 is 10.7 Å². The highest BCUT2D eigenvalue weighted by Gasteiger charge is 2.27. The molecule has 2 aromatic rings. The zero-order valence-electron chi connectivity index (χ0n) is 10.8. The molecule has 0 aliphatic heterocycles. The van der Waals surface area contributed by atoms with Gasteiger partial charge in [0.1, 0.15) is 11.6 Å². The molecule has 0 spiro atoms. The minimum absolute atomic E-state index is 0.122. The SMILES string of the molecule is Nc1cc(Oc2ccc([N+](=O)[O-])cc2F)nc(C2CC2)n1. The Morgan fingerprint density at radius 3 is 2.71 bits per heavy atom. The quantitative estimate of drug-likeness (QED) is 0.685. The van der Waals surface area contributed by atoms with Gasteiger partial charge >= 0.3 is 0 Å². The fourth-order valence-electron chi connectivity index (χ4n) is 1.84. The van der Waals surface area contributed by atoms with Gasteiger partial charge in [-0.2, -0.15) is 4.98 Å². The molecule has 0 atom stereocenters. The predicted octanol–water partition coefficient (Wildman–Crippen LogP) is 2.78. The number of nitro benzene ring substituents is 1. The van der Waals surface area contributed by atoms with Crippen LogP contribution in [0.2, 0.25) is 0 Å². The van der Waals surface area contributed by atoms with Gasteiger partial charge in [-0.25, -0.2) is 9.37 Å². The smallest absolute Gasteiger partial charge is 0.272 e. The number of aromatic nitrogens is 2. The molecule has 21 heavy (non-hydrogen) atoms. The molecule has 8 heteroatoms. The molecule has 0 radical (unpaired) electrons. The monoisotopic (exact) mass is 290 g/mol. The van der Waals surface area contributed by atoms with Crippen LogP contribution in [-0.4, -0.2) is 14.9 Å². The van der Waals surface area contributed by atoms with Gasteiger partial charge < -0.3 is 10.5 Å². The van der Waals surface area contributed by atoms with Crippen LogP contribution in [0.25, 0.3) is 0 Å². The number of nitrogens with two attached hydrogens (primary N) is 1. The fraction of sp³-hybridized carbons (Fsp3) is 0.231. The number of benzene rings is 1. The highest BCUT2D eigenvalue weighted by molar-refractivity contribution is 5.41. The van der Waals surface area contributed by atoms with Crippen molar-refractivity contribution in [2.75, 3.05) is 5.73 Å². The third kappa shape index (κ3) is 2.88. The maximum absolute atomic E-state index is 13.8. The molecule has 1 aliphatic rings. The number of hydrogen-bond donors (Lipinski definition) is 1. The van der Waals surface area contributed by atoms with Gasteiger partial charge in [-0.3, -0.25) is 10.1 Å². The third-order valence-electron chi connectivity index (χ3n) is 3.02. The summed E-state index contributed by atoms with van der Waals surface area (Å²) < 4.78 is 19.1. The van der Waals surface area contributed by atoms with Crippen molar-refractivity contribution in [3.05, 3.63) is 46.0 Å². The minimum atomic E-state index is -0.839. The number of non-ortho nitro benzene ring substituents is 1. The van der Waals surface area contributed by atoms with E-state index in [1.165, 1.54) is 12.1 Å². The average molecular weight is 290 g/mol. The normalized spacial score (nSPS) is 14.0. The Morgan fingerprint density at radius 1 is 1.33 bits per heavy atom. The van der Waals surface area contributed by atoms with E-state index in [0.717, 1.165) is 25.0 Å². The van der Waals surface area contributed by atoms with Gasteiger partial charge in [-0.1, -0.05) is 0 Å². The summed E-state index contributed by atoms with van der Waals surface area (Å²) in [5, 5.41) is 10.6. The van der Waals surface area contributed by atoms with E-state index in [-0.39, 0.29) is 29.1 Å². The number of ether oxygens (including phenoxy) is 1. The standard InChI is InChI=1S/C13H11FN4O3/c14-9-5-8(18(19)20)3-4-10(9)21-12-6-11(15)16-13(17-12)7-1-2-7/h3-7H,1-2H2,(H2,15,16,17). The van der Waals surface area contributed by atoms with Gasteiger partial charge in [-0.15, -0.1) is 0 Å². The lowest BCUT2D eigenvalue weighted by Gasteiger charge is -2.07. The second-order valence-electron chi connectivity index (χ2n) is 4.74. The molecule has 0 unspecified atom stereocenters. The number of nitrogen functional groups attached to an aromatic ring is 1. The van der Waals surface area contributed by atoms with Crippen molar-refractivity contribution in [3.8, 4) is 11.6 Å². The number of nitrogens with zero attached hydrogens (tertiary/aromatic N) is 3. The average Bonchev–Trinajstić information content (AvgIpc) is 3.24. The second-order valence-corrected chi connectivity index (χ2v) is 4.74. The van der Waals surface area contributed by atoms with Crippen molar-refractivity contribution < 1.29 is 14.1 Å². The Labute approximate surface area is 118 Å². The number of rotatable bonds is 4. The van der Waals surface area contributed by atoms with E-state index in [1.54, 1.807) is 0 Å². The molecule has 2 N–H and O–H groups in total. The van der Waals surface area contributed by atoms with Crippen LogP contribution in [0, 0.1) is 15.9 Å². The molecule has 0 amide bonds. The first-order valence-corrected chi connectivity index (χ1v) is 6.29. The molecule has 108 valence electrons. The molecule has 1 heterocycles. The molecule has 3 rings (SSSR count). The van der Waals surface area contributed by atoms with Crippen LogP contribution >= 0.6 is 0 Å². The van der Waals surface area contributed by atoms with E-state index in [9.17, 15) is 14.5 Å². The maximum Gasteiger partial charge on any atom is 0.272 e. The molecule has 1 fully saturated rings. The van der Waals surface area contributed by atoms with Crippen LogP contribution in [0.15, 0.2) is 24.3 Å². The van der Waals surface area contributed by atoms with Gasteiger partial charge in [0.25, 0.3) is 5.69 Å². The lowest BCUT2D eigenvalue weighted by molar-refractivity contribution is -0.385. The summed E-state index contributed by atoms with van der Waals surface area (Å²) in [7, 11) is 0. The molecule has 0 saturated heterocycles. The van der Waals surface area contributed by atoms with Crippen molar-refractivity contribution in [3.63, 3.8) is 0 Å². The van der Waals surface area contributed by atoms with Gasteiger partial charge in [-0.05, 0) is 18.9 Å². The van der Waals surface area contributed by atoms with Crippen molar-refractivity contribution >= 4 is 11.5 Å². The van der Waals surface area contributed by atoms with Crippen LogP contribution < -0.4 is 10.5 Å². The molecule has 1 aliphatic carbocycles. The topological polar surface area (TPSA) is 104 Å². The van der Waals surface area contributed by atoms with E-state index in [2.05, 4.69) is 9.97 Å². The summed E-state index contributed by atoms with van der Waals surface area (Å²) in [6.45, 7) is 0. The summed E-state index contributed by atoms with van der Waals surface area (Å²) in [5.41, 5.74) is 5.32. The van der Waals surface area contributed by atoms with Crippen molar-refractivity contribution in [1.82, 2.24) is 9.97 Å². The summed E-state index contributed by atoms with van der Waals surface area (Å²) >= 11 is 0. The van der Waals surface area contributed by atoms with E-state index >= 15 is 0 Å². The summed E-state index contributed by atoms with van der Waals surface area (Å²) in [6.07, 6.45) is 1.99. The molecule has 1 aromatic carbocycles. The van der Waals surface area contributed by atoms with Gasteiger partial charge in [0.05, 0.1) is 11.0 Å². The third-order valence-corrected chi connectivity index (χ3v) is 3.02. The van der Waals surface area contributed by atoms with Crippen LogP contribution in [0.3, 0.4) is 0 Å². The van der Waals surface area contributed by atoms with Gasteiger partial charge in [0.2, 0.25) is 5.88 Å². The largest absolute Gasteiger partial charge is 0.436 e. The van der Waals surface area contributed by atoms with Crippen LogP contribution in [0.4, 0.5) is 15.9 Å². The van der Waals surface area contributed by atoms with Crippen LogP contribution in [0.5, 0.6) is 11.6 Å². The number of hydrogen-bond acceptors (Lipinski definition) is 6. The second kappa shape index (κ2) is 4.97. The first-order chi connectivity index (χ1) is 10.0. The number of anilines is 1. The molecule has 1 saturated carbocycles. The van der Waals surface area contributed by atoms with E-state index in [1.807, 2.05) is 0 Å². The minimum Gasteiger partial charge on any atom is -0.436 e. The van der Waals surface area contributed by atoms with Crippen molar-refractivity contribution in [2.45, 2.75) is 18.8 Å². The Bertz CT molecular complexity index is 719. The molecular formula is C13H11FN4O3. The molecule has 1 aromatic heterocycles. The number of halogens is 1. The Balaban J connectivity index is 1.88. The highest BCUT2D eigenvalue weighted by atomic mass is 19.1. The van der Waals surface area contributed by atoms with Crippen LogP contribution in [-0.2, 0) is 0 Å². The Hall–Kier alpha value is -2.77. The molecule has 7 nitrogen and oxygen atoms in total. The fourth-order valence-corrected chi connectivity index (χ4v) is 1.84. The van der Waals surface area contributed by atoms with Gasteiger partial charge in [0.15, 0.2) is 11.6 Å². The zero-order chi connectivity index (χ0) is 15.0. The first kappa shape index (κ1) is 13.2. The zero-order valence-corrected chi connectivity index (χ0v) is 10.8. The summed E-state index contributed by atoms with van der Waals surface area (Å²) in [5.74, 6) is 0.223. The number of nitro groups is 1. The summed E-state index contributed by atoms with van der Waals surface area (Å²) in [6, 6.07) is 4.52. The Kier molecular flexibility index (Phi) is 3.13. The van der Waals surface area contributed by atoms with E-state index in [0.29, 0.717) is 5.82 Å². The van der Waals surface area contributed by atoms with Crippen molar-refractivity contribution in [2.24, 2.45) is 0 Å². The van der Waals surface area contributed by atoms with Crippen molar-refractivity contribution in [1.29, 1.82) is 0 Å². The van der Waals surface area contributed by atoms with Gasteiger partial charge in [0, 0.05) is 18.1 Å². The first-order valence-electron chi connectivity index (χ1n) is 6.29. The highest BCUT2D eigenvalue weighted by Crippen LogP contribution is 2.39. The van der Waals surface area contributed by atoms with Crippen LogP contribution in [0.1, 0.15) is 24.6 Å². The lowest BCUT2D eigenvalue weighted by atomic mass is 10.3. The summed E-state index contributed by atoms with van der Waals surface area (Å²) in [4.78, 5) is 18.2. The molecule has 0 bridgehead atoms. The van der Waals surface area contributed by atoms with E-state index in [4.69, 9.17) is 10.5 Å². The maximum atomic E-state index is 13.8. The Morgan fingerprint density at radius 2 is 2.10 bits per heavy atom. The predicted molar refractivity (Wildman–Crippen MR) is 71.5 cm³/mol. The molecular weight excluding hydrogens is 279 g/mol.